The summed E-state index contributed by atoms with van der Waals surface area (Å²) in [6.07, 6.45) is -4.61. The molecular formula is C14H17F4N3O. The van der Waals surface area contributed by atoms with Crippen molar-refractivity contribution in [2.75, 3.05) is 39.3 Å². The molecule has 0 unspecified atom stereocenters. The van der Waals surface area contributed by atoms with Gasteiger partial charge in [0.1, 0.15) is 5.82 Å². The first-order valence-corrected chi connectivity index (χ1v) is 6.96. The molecule has 122 valence electrons. The molecule has 0 spiro atoms. The van der Waals surface area contributed by atoms with Crippen molar-refractivity contribution in [2.24, 2.45) is 0 Å². The Morgan fingerprint density at radius 1 is 1.27 bits per heavy atom. The molecule has 1 aliphatic heterocycles. The molecule has 1 saturated heterocycles. The van der Waals surface area contributed by atoms with E-state index >= 15 is 0 Å². The predicted molar refractivity (Wildman–Crippen MR) is 73.0 cm³/mol. The van der Waals surface area contributed by atoms with Gasteiger partial charge in [0, 0.05) is 39.3 Å². The second-order valence-corrected chi connectivity index (χ2v) is 5.04. The third-order valence-electron chi connectivity index (χ3n) is 3.46. The second-order valence-electron chi connectivity index (χ2n) is 5.04. The van der Waals surface area contributed by atoms with Crippen molar-refractivity contribution in [3.63, 3.8) is 0 Å². The van der Waals surface area contributed by atoms with Crippen LogP contribution < -0.4 is 10.6 Å². The molecule has 1 fully saturated rings. The van der Waals surface area contributed by atoms with E-state index in [0.29, 0.717) is 24.7 Å². The summed E-state index contributed by atoms with van der Waals surface area (Å²) < 4.78 is 51.3. The quantitative estimate of drug-likeness (QED) is 0.826. The topological polar surface area (TPSA) is 44.4 Å². The molecule has 8 heteroatoms. The van der Waals surface area contributed by atoms with Gasteiger partial charge in [-0.15, -0.1) is 0 Å². The zero-order chi connectivity index (χ0) is 16.2. The standard InChI is InChI=1S/C14H17F4N3O/c15-12-2-1-10(14(16,17)18)9-11(12)13(22)20-5-8-21-6-3-19-4-7-21/h1-2,9,19H,3-8H2,(H,20,22). The Kier molecular flexibility index (Phi) is 5.36. The lowest BCUT2D eigenvalue weighted by Crippen LogP contribution is -2.46. The highest BCUT2D eigenvalue weighted by Gasteiger charge is 2.31. The van der Waals surface area contributed by atoms with Gasteiger partial charge in [0.05, 0.1) is 11.1 Å². The van der Waals surface area contributed by atoms with Gasteiger partial charge in [-0.25, -0.2) is 4.39 Å². The number of carbonyl (C=O) groups excluding carboxylic acids is 1. The molecule has 0 aromatic heterocycles. The van der Waals surface area contributed by atoms with Gasteiger partial charge in [-0.2, -0.15) is 13.2 Å². The Hall–Kier alpha value is -1.67. The minimum atomic E-state index is -4.61. The van der Waals surface area contributed by atoms with Crippen LogP contribution in [0.2, 0.25) is 0 Å². The molecule has 0 atom stereocenters. The first-order valence-electron chi connectivity index (χ1n) is 6.96. The van der Waals surface area contributed by atoms with Crippen molar-refractivity contribution < 1.29 is 22.4 Å². The Bertz CT molecular complexity index is 527. The molecule has 2 N–H and O–H groups in total. The fraction of sp³-hybridized carbons (Fsp3) is 0.500. The highest BCUT2D eigenvalue weighted by atomic mass is 19.4. The molecule has 0 radical (unpaired) electrons. The second kappa shape index (κ2) is 7.06. The van der Waals surface area contributed by atoms with Crippen molar-refractivity contribution in [1.29, 1.82) is 0 Å². The fourth-order valence-corrected chi connectivity index (χ4v) is 2.23. The number of halogens is 4. The smallest absolute Gasteiger partial charge is 0.351 e. The molecule has 2 rings (SSSR count). The van der Waals surface area contributed by atoms with Crippen LogP contribution >= 0.6 is 0 Å². The van der Waals surface area contributed by atoms with E-state index in [4.69, 9.17) is 0 Å². The Balaban J connectivity index is 1.94. The van der Waals surface area contributed by atoms with E-state index < -0.39 is 29.0 Å². The molecule has 1 aromatic rings. The normalized spacial score (nSPS) is 16.5. The highest BCUT2D eigenvalue weighted by molar-refractivity contribution is 5.94. The van der Waals surface area contributed by atoms with Crippen LogP contribution in [0.3, 0.4) is 0 Å². The summed E-state index contributed by atoms with van der Waals surface area (Å²) in [5, 5.41) is 5.64. The summed E-state index contributed by atoms with van der Waals surface area (Å²) in [5.41, 5.74) is -1.63. The number of benzene rings is 1. The maximum absolute atomic E-state index is 13.5. The fourth-order valence-electron chi connectivity index (χ4n) is 2.23. The average Bonchev–Trinajstić information content (AvgIpc) is 2.47. The molecule has 1 aliphatic rings. The van der Waals surface area contributed by atoms with Gasteiger partial charge in [0.25, 0.3) is 5.91 Å². The first kappa shape index (κ1) is 16.7. The average molecular weight is 319 g/mol. The maximum atomic E-state index is 13.5. The van der Waals surface area contributed by atoms with E-state index in [-0.39, 0.29) is 6.54 Å². The molecule has 0 saturated carbocycles. The monoisotopic (exact) mass is 319 g/mol. The highest BCUT2D eigenvalue weighted by Crippen LogP contribution is 2.30. The van der Waals surface area contributed by atoms with Crippen molar-refractivity contribution in [3.8, 4) is 0 Å². The van der Waals surface area contributed by atoms with Crippen molar-refractivity contribution in [2.45, 2.75) is 6.18 Å². The number of carbonyl (C=O) groups is 1. The summed E-state index contributed by atoms with van der Waals surface area (Å²) in [4.78, 5) is 13.9. The van der Waals surface area contributed by atoms with E-state index in [0.717, 1.165) is 26.2 Å². The molecule has 1 amide bonds. The van der Waals surface area contributed by atoms with Crippen LogP contribution in [0.15, 0.2) is 18.2 Å². The Morgan fingerprint density at radius 2 is 1.95 bits per heavy atom. The van der Waals surface area contributed by atoms with Crippen LogP contribution in [0.1, 0.15) is 15.9 Å². The summed E-state index contributed by atoms with van der Waals surface area (Å²) >= 11 is 0. The minimum Gasteiger partial charge on any atom is -0.351 e. The molecule has 22 heavy (non-hydrogen) atoms. The molecule has 1 aromatic carbocycles. The van der Waals surface area contributed by atoms with E-state index in [1.165, 1.54) is 0 Å². The van der Waals surface area contributed by atoms with Gasteiger partial charge in [-0.3, -0.25) is 9.69 Å². The zero-order valence-corrected chi connectivity index (χ0v) is 11.8. The van der Waals surface area contributed by atoms with Gasteiger partial charge in [0.2, 0.25) is 0 Å². The summed E-state index contributed by atoms with van der Waals surface area (Å²) in [6.45, 7) is 4.23. The molecule has 1 heterocycles. The third-order valence-corrected chi connectivity index (χ3v) is 3.46. The van der Waals surface area contributed by atoms with Crippen molar-refractivity contribution >= 4 is 5.91 Å². The maximum Gasteiger partial charge on any atom is 0.416 e. The van der Waals surface area contributed by atoms with Gasteiger partial charge in [0.15, 0.2) is 0 Å². The molecule has 0 bridgehead atoms. The van der Waals surface area contributed by atoms with Crippen LogP contribution in [0.25, 0.3) is 0 Å². The van der Waals surface area contributed by atoms with E-state index in [1.54, 1.807) is 0 Å². The number of piperazine rings is 1. The molecular weight excluding hydrogens is 302 g/mol. The van der Waals surface area contributed by atoms with E-state index in [1.807, 2.05) is 0 Å². The minimum absolute atomic E-state index is 0.258. The lowest BCUT2D eigenvalue weighted by Gasteiger charge is -2.27. The number of rotatable bonds is 4. The number of hydrogen-bond acceptors (Lipinski definition) is 3. The van der Waals surface area contributed by atoms with Crippen LogP contribution in [0.5, 0.6) is 0 Å². The van der Waals surface area contributed by atoms with E-state index in [9.17, 15) is 22.4 Å². The van der Waals surface area contributed by atoms with Gasteiger partial charge < -0.3 is 10.6 Å². The summed E-state index contributed by atoms with van der Waals surface area (Å²) in [6, 6.07) is 1.82. The number of nitrogens with one attached hydrogen (secondary N) is 2. The van der Waals surface area contributed by atoms with Crippen LogP contribution in [-0.4, -0.2) is 50.1 Å². The van der Waals surface area contributed by atoms with Gasteiger partial charge in [-0.05, 0) is 18.2 Å². The van der Waals surface area contributed by atoms with E-state index in [2.05, 4.69) is 15.5 Å². The van der Waals surface area contributed by atoms with Crippen molar-refractivity contribution in [3.05, 3.63) is 35.1 Å². The third kappa shape index (κ3) is 4.41. The largest absolute Gasteiger partial charge is 0.416 e. The predicted octanol–water partition coefficient (Wildman–Crippen LogP) is 1.48. The summed E-state index contributed by atoms with van der Waals surface area (Å²) in [5.74, 6) is -1.80. The molecule has 0 aliphatic carbocycles. The van der Waals surface area contributed by atoms with Gasteiger partial charge in [-0.1, -0.05) is 0 Å². The van der Waals surface area contributed by atoms with Gasteiger partial charge >= 0.3 is 6.18 Å². The summed E-state index contributed by atoms with van der Waals surface area (Å²) in [7, 11) is 0. The number of amides is 1. The Labute approximate surface area is 125 Å². The number of alkyl halides is 3. The van der Waals surface area contributed by atoms with Crippen LogP contribution in [0, 0.1) is 5.82 Å². The Morgan fingerprint density at radius 3 is 2.59 bits per heavy atom. The lowest BCUT2D eigenvalue weighted by atomic mass is 10.1. The van der Waals surface area contributed by atoms with Crippen LogP contribution in [0.4, 0.5) is 17.6 Å². The SMILES string of the molecule is O=C(NCCN1CCNCC1)c1cc(C(F)(F)F)ccc1F. The van der Waals surface area contributed by atoms with Crippen molar-refractivity contribution in [1.82, 2.24) is 15.5 Å². The molecule has 4 nitrogen and oxygen atoms in total. The first-order chi connectivity index (χ1) is 10.4. The number of hydrogen-bond donors (Lipinski definition) is 2. The van der Waals surface area contributed by atoms with Crippen LogP contribution in [-0.2, 0) is 6.18 Å². The lowest BCUT2D eigenvalue weighted by molar-refractivity contribution is -0.137. The zero-order valence-electron chi connectivity index (χ0n) is 11.8. The number of nitrogens with zero attached hydrogens (tertiary/aromatic N) is 1.